The molecule has 168 valence electrons. The number of carbonyl (C=O) groups is 1. The third-order valence-electron chi connectivity index (χ3n) is 7.06. The molecule has 1 aliphatic carbocycles. The first kappa shape index (κ1) is 22.0. The summed E-state index contributed by atoms with van der Waals surface area (Å²) in [7, 11) is 5.57. The van der Waals surface area contributed by atoms with Crippen LogP contribution in [0.2, 0.25) is 0 Å². The van der Waals surface area contributed by atoms with Gasteiger partial charge in [-0.05, 0) is 74.8 Å². The second kappa shape index (κ2) is 9.49. The van der Waals surface area contributed by atoms with E-state index in [1.165, 1.54) is 10.4 Å². The Morgan fingerprint density at radius 2 is 2.06 bits per heavy atom. The monoisotopic (exact) mass is 443 g/mol. The van der Waals surface area contributed by atoms with Gasteiger partial charge in [-0.25, -0.2) is 4.79 Å². The topological polar surface area (TPSA) is 62.8 Å². The molecule has 2 N–H and O–H groups in total. The van der Waals surface area contributed by atoms with Gasteiger partial charge in [-0.1, -0.05) is 12.1 Å². The molecule has 31 heavy (non-hydrogen) atoms. The predicted molar refractivity (Wildman–Crippen MR) is 124 cm³/mol. The van der Waals surface area contributed by atoms with Crippen molar-refractivity contribution in [3.05, 3.63) is 46.2 Å². The number of likely N-dealkylation sites (N-methyl/N-ethyl adjacent to an activating group) is 1. The smallest absolute Gasteiger partial charge is 0.315 e. The normalized spacial score (nSPS) is 25.6. The highest BCUT2D eigenvalue weighted by Crippen LogP contribution is 2.49. The Bertz CT molecular complexity index is 888. The van der Waals surface area contributed by atoms with Gasteiger partial charge in [0.15, 0.2) is 11.5 Å². The van der Waals surface area contributed by atoms with Gasteiger partial charge in [0.25, 0.3) is 0 Å². The zero-order valence-electron chi connectivity index (χ0n) is 18.6. The molecule has 3 atom stereocenters. The summed E-state index contributed by atoms with van der Waals surface area (Å²) in [6, 6.07) is 11.1. The number of thiophene rings is 1. The molecule has 0 unspecified atom stereocenters. The number of methoxy groups -OCH3 is 2. The van der Waals surface area contributed by atoms with E-state index in [0.29, 0.717) is 12.6 Å². The number of likely N-dealkylation sites (tertiary alicyclic amines) is 1. The highest BCUT2D eigenvalue weighted by molar-refractivity contribution is 7.09. The summed E-state index contributed by atoms with van der Waals surface area (Å²) in [4.78, 5) is 16.2. The Labute approximate surface area is 188 Å². The number of carbonyl (C=O) groups excluding carboxylic acids is 1. The fraction of sp³-hybridized carbons (Fsp3) is 0.542. The van der Waals surface area contributed by atoms with Crippen LogP contribution in [0.15, 0.2) is 35.7 Å². The van der Waals surface area contributed by atoms with Gasteiger partial charge < -0.3 is 25.0 Å². The fourth-order valence-corrected chi connectivity index (χ4v) is 6.09. The van der Waals surface area contributed by atoms with E-state index in [-0.39, 0.29) is 17.5 Å². The van der Waals surface area contributed by atoms with Crippen LogP contribution < -0.4 is 20.1 Å². The Balaban J connectivity index is 1.40. The van der Waals surface area contributed by atoms with Gasteiger partial charge >= 0.3 is 6.03 Å². The van der Waals surface area contributed by atoms with Crippen LogP contribution in [0, 0.1) is 0 Å². The molecule has 0 spiro atoms. The van der Waals surface area contributed by atoms with Gasteiger partial charge in [0.05, 0.1) is 14.2 Å². The van der Waals surface area contributed by atoms with Crippen LogP contribution in [0.1, 0.15) is 36.1 Å². The number of fused-ring (bicyclic) bond motifs is 1. The first-order valence-electron chi connectivity index (χ1n) is 11.1. The lowest BCUT2D eigenvalue weighted by atomic mass is 9.65. The number of amides is 2. The molecule has 1 saturated heterocycles. The second-order valence-corrected chi connectivity index (χ2v) is 9.71. The number of hydrogen-bond donors (Lipinski definition) is 2. The number of benzene rings is 1. The van der Waals surface area contributed by atoms with Crippen molar-refractivity contribution in [1.82, 2.24) is 15.5 Å². The van der Waals surface area contributed by atoms with Crippen LogP contribution >= 0.6 is 11.3 Å². The van der Waals surface area contributed by atoms with Gasteiger partial charge in [0.2, 0.25) is 0 Å². The predicted octanol–water partition coefficient (Wildman–Crippen LogP) is 3.80. The SMILES string of the molecule is COc1ccc([C@@]23CC[C@H](NC(=O)NCCc4cccs4)C[C@H]2N(C)CC3)cc1OC. The molecular weight excluding hydrogens is 410 g/mol. The number of nitrogens with one attached hydrogen (secondary N) is 2. The minimum absolute atomic E-state index is 0.0548. The molecule has 2 aliphatic rings. The largest absolute Gasteiger partial charge is 0.493 e. The van der Waals surface area contributed by atoms with Gasteiger partial charge in [-0.15, -0.1) is 11.3 Å². The molecule has 6 nitrogen and oxygen atoms in total. The molecule has 0 radical (unpaired) electrons. The number of rotatable bonds is 7. The van der Waals surface area contributed by atoms with Gasteiger partial charge in [0.1, 0.15) is 0 Å². The zero-order valence-corrected chi connectivity index (χ0v) is 19.5. The first-order valence-corrected chi connectivity index (χ1v) is 11.9. The number of urea groups is 1. The van der Waals surface area contributed by atoms with Gasteiger partial charge in [0, 0.05) is 28.9 Å². The molecule has 0 bridgehead atoms. The summed E-state index contributed by atoms with van der Waals surface area (Å²) >= 11 is 1.73. The summed E-state index contributed by atoms with van der Waals surface area (Å²) in [6.45, 7) is 1.73. The third-order valence-corrected chi connectivity index (χ3v) is 7.99. The summed E-state index contributed by atoms with van der Waals surface area (Å²) in [6.07, 6.45) is 5.00. The van der Waals surface area contributed by atoms with Crippen molar-refractivity contribution in [3.8, 4) is 11.5 Å². The van der Waals surface area contributed by atoms with E-state index in [2.05, 4.69) is 46.2 Å². The fourth-order valence-electron chi connectivity index (χ4n) is 5.39. The number of nitrogens with zero attached hydrogens (tertiary/aromatic N) is 1. The maximum absolute atomic E-state index is 12.5. The number of ether oxygens (including phenoxy) is 2. The zero-order chi connectivity index (χ0) is 21.8. The Kier molecular flexibility index (Phi) is 6.72. The van der Waals surface area contributed by atoms with Crippen LogP contribution in [0.25, 0.3) is 0 Å². The maximum atomic E-state index is 12.5. The molecule has 1 saturated carbocycles. The molecule has 7 heteroatoms. The van der Waals surface area contributed by atoms with E-state index in [9.17, 15) is 4.79 Å². The quantitative estimate of drug-likeness (QED) is 0.683. The molecule has 2 aromatic rings. The average molecular weight is 444 g/mol. The third kappa shape index (κ3) is 4.53. The Hall–Kier alpha value is -2.25. The minimum atomic E-state index is -0.0548. The van der Waals surface area contributed by atoms with Crippen molar-refractivity contribution < 1.29 is 14.3 Å². The van der Waals surface area contributed by atoms with Crippen LogP contribution in [-0.4, -0.2) is 57.4 Å². The van der Waals surface area contributed by atoms with E-state index in [4.69, 9.17) is 9.47 Å². The minimum Gasteiger partial charge on any atom is -0.493 e. The Morgan fingerprint density at radius 1 is 1.23 bits per heavy atom. The highest BCUT2D eigenvalue weighted by Gasteiger charge is 2.50. The van der Waals surface area contributed by atoms with Crippen molar-refractivity contribution in [2.75, 3.05) is 34.4 Å². The Morgan fingerprint density at radius 3 is 2.81 bits per heavy atom. The second-order valence-electron chi connectivity index (χ2n) is 8.67. The molecule has 2 amide bonds. The van der Waals surface area contributed by atoms with E-state index < -0.39 is 0 Å². The molecule has 1 aromatic carbocycles. The molecule has 1 aliphatic heterocycles. The summed E-state index contributed by atoms with van der Waals surface area (Å²) in [5.41, 5.74) is 1.42. The maximum Gasteiger partial charge on any atom is 0.315 e. The standard InChI is InChI=1S/C24H33N3O3S/c1-27-13-11-24(17-6-7-20(29-2)21(15-17)30-3)10-8-18(16-22(24)27)26-23(28)25-12-9-19-5-4-14-31-19/h4-7,14-15,18,22H,8-13,16H2,1-3H3,(H2,25,26,28)/t18-,22+,24-/m0/s1. The lowest BCUT2D eigenvalue weighted by Crippen LogP contribution is -2.53. The van der Waals surface area contributed by atoms with Gasteiger partial charge in [-0.2, -0.15) is 0 Å². The van der Waals surface area contributed by atoms with Crippen LogP contribution in [0.5, 0.6) is 11.5 Å². The summed E-state index contributed by atoms with van der Waals surface area (Å²) < 4.78 is 11.0. The van der Waals surface area contributed by atoms with Crippen molar-refractivity contribution >= 4 is 17.4 Å². The first-order chi connectivity index (χ1) is 15.1. The van der Waals surface area contributed by atoms with E-state index >= 15 is 0 Å². The highest BCUT2D eigenvalue weighted by atomic mass is 32.1. The van der Waals surface area contributed by atoms with Crippen molar-refractivity contribution in [2.24, 2.45) is 0 Å². The summed E-state index contributed by atoms with van der Waals surface area (Å²) in [5.74, 6) is 1.55. The molecule has 4 rings (SSSR count). The van der Waals surface area contributed by atoms with E-state index in [0.717, 1.165) is 50.1 Å². The van der Waals surface area contributed by atoms with Crippen molar-refractivity contribution in [1.29, 1.82) is 0 Å². The van der Waals surface area contributed by atoms with E-state index in [1.807, 2.05) is 12.1 Å². The van der Waals surface area contributed by atoms with Crippen LogP contribution in [0.4, 0.5) is 4.79 Å². The average Bonchev–Trinajstić information content (AvgIpc) is 3.42. The molecule has 2 heterocycles. The van der Waals surface area contributed by atoms with Crippen LogP contribution in [-0.2, 0) is 11.8 Å². The summed E-state index contributed by atoms with van der Waals surface area (Å²) in [5, 5.41) is 8.31. The number of hydrogen-bond acceptors (Lipinski definition) is 5. The van der Waals surface area contributed by atoms with Gasteiger partial charge in [-0.3, -0.25) is 0 Å². The van der Waals surface area contributed by atoms with Crippen LogP contribution in [0.3, 0.4) is 0 Å². The molecule has 1 aromatic heterocycles. The molecule has 2 fully saturated rings. The lowest BCUT2D eigenvalue weighted by Gasteiger charge is -2.45. The molecular formula is C24H33N3O3S. The van der Waals surface area contributed by atoms with Crippen molar-refractivity contribution in [3.63, 3.8) is 0 Å². The van der Waals surface area contributed by atoms with E-state index in [1.54, 1.807) is 25.6 Å². The van der Waals surface area contributed by atoms with Crippen molar-refractivity contribution in [2.45, 2.75) is 49.6 Å². The lowest BCUT2D eigenvalue weighted by molar-refractivity contribution is 0.154.